The zero-order valence-electron chi connectivity index (χ0n) is 9.87. The molecule has 1 aromatic carbocycles. The zero-order chi connectivity index (χ0) is 12.4. The van der Waals surface area contributed by atoms with Crippen molar-refractivity contribution >= 4 is 39.3 Å². The summed E-state index contributed by atoms with van der Waals surface area (Å²) in [6.07, 6.45) is 0. The van der Waals surface area contributed by atoms with E-state index in [2.05, 4.69) is 34.2 Å². The van der Waals surface area contributed by atoms with Crippen LogP contribution in [0.25, 0.3) is 0 Å². The minimum Gasteiger partial charge on any atom is -0.311 e. The fourth-order valence-electron chi connectivity index (χ4n) is 1.96. The van der Waals surface area contributed by atoms with Crippen LogP contribution in [-0.2, 0) is 4.79 Å². The van der Waals surface area contributed by atoms with Crippen molar-refractivity contribution in [1.82, 2.24) is 5.32 Å². The van der Waals surface area contributed by atoms with Crippen molar-refractivity contribution in [2.45, 2.75) is 17.9 Å². The second kappa shape index (κ2) is 5.42. The van der Waals surface area contributed by atoms with Gasteiger partial charge in [-0.05, 0) is 42.0 Å². The van der Waals surface area contributed by atoms with Crippen molar-refractivity contribution in [2.24, 2.45) is 0 Å². The molecule has 1 heterocycles. The van der Waals surface area contributed by atoms with Crippen LogP contribution in [0.5, 0.6) is 0 Å². The summed E-state index contributed by atoms with van der Waals surface area (Å²) in [5.74, 6) is 1.06. The fourth-order valence-corrected chi connectivity index (χ4v) is 3.74. The van der Waals surface area contributed by atoms with E-state index < -0.39 is 0 Å². The predicted molar refractivity (Wildman–Crippen MR) is 75.7 cm³/mol. The number of benzene rings is 1. The summed E-state index contributed by atoms with van der Waals surface area (Å²) < 4.78 is 0.985. The Balaban J connectivity index is 2.42. The first-order valence-corrected chi connectivity index (χ1v) is 7.31. The van der Waals surface area contributed by atoms with Gasteiger partial charge in [0, 0.05) is 21.2 Å². The smallest absolute Gasteiger partial charge is 0.241 e. The van der Waals surface area contributed by atoms with E-state index >= 15 is 0 Å². The minimum absolute atomic E-state index is 0.119. The van der Waals surface area contributed by atoms with Crippen molar-refractivity contribution in [3.8, 4) is 0 Å². The third-order valence-corrected chi connectivity index (χ3v) is 4.64. The number of thioether (sulfide) groups is 1. The molecule has 1 aliphatic heterocycles. The number of hydrogen-bond acceptors (Lipinski definition) is 3. The second-order valence-corrected chi connectivity index (χ2v) is 5.96. The molecule has 92 valence electrons. The van der Waals surface area contributed by atoms with Gasteiger partial charge in [-0.2, -0.15) is 0 Å². The maximum atomic E-state index is 12.2. The second-order valence-electron chi connectivity index (χ2n) is 4.04. The highest BCUT2D eigenvalue weighted by Crippen LogP contribution is 2.42. The van der Waals surface area contributed by atoms with Gasteiger partial charge < -0.3 is 10.2 Å². The first-order valence-electron chi connectivity index (χ1n) is 5.53. The summed E-state index contributed by atoms with van der Waals surface area (Å²) in [6, 6.07) is 6.28. The molecule has 0 fully saturated rings. The normalized spacial score (nSPS) is 19.0. The SMILES string of the molecule is CNCC(=O)N1c2c(Br)cccc2SCC1C. The van der Waals surface area contributed by atoms with Crippen molar-refractivity contribution in [3.05, 3.63) is 22.7 Å². The molecular formula is C12H15BrN2OS. The summed E-state index contributed by atoms with van der Waals surface area (Å²) >= 11 is 5.35. The highest BCUT2D eigenvalue weighted by molar-refractivity contribution is 9.10. The Morgan fingerprint density at radius 3 is 3.12 bits per heavy atom. The van der Waals surface area contributed by atoms with Gasteiger partial charge >= 0.3 is 0 Å². The number of halogens is 1. The molecule has 1 aromatic rings. The van der Waals surface area contributed by atoms with Crippen molar-refractivity contribution in [1.29, 1.82) is 0 Å². The average Bonchev–Trinajstić information content (AvgIpc) is 2.30. The molecular weight excluding hydrogens is 300 g/mol. The molecule has 1 aliphatic rings. The third kappa shape index (κ3) is 2.51. The number of nitrogens with one attached hydrogen (secondary N) is 1. The van der Waals surface area contributed by atoms with Crippen molar-refractivity contribution in [3.63, 3.8) is 0 Å². The van der Waals surface area contributed by atoms with Crippen LogP contribution in [0.3, 0.4) is 0 Å². The van der Waals surface area contributed by atoms with Gasteiger partial charge in [0.2, 0.25) is 5.91 Å². The number of nitrogens with zero attached hydrogens (tertiary/aromatic N) is 1. The lowest BCUT2D eigenvalue weighted by molar-refractivity contribution is -0.118. The molecule has 0 aliphatic carbocycles. The van der Waals surface area contributed by atoms with Crippen LogP contribution in [0.1, 0.15) is 6.92 Å². The van der Waals surface area contributed by atoms with Gasteiger partial charge in [0.05, 0.1) is 12.2 Å². The van der Waals surface area contributed by atoms with Crippen LogP contribution in [0.4, 0.5) is 5.69 Å². The minimum atomic E-state index is 0.119. The Morgan fingerprint density at radius 2 is 2.41 bits per heavy atom. The molecule has 0 spiro atoms. The number of para-hydroxylation sites is 1. The van der Waals surface area contributed by atoms with Gasteiger partial charge in [0.1, 0.15) is 0 Å². The summed E-state index contributed by atoms with van der Waals surface area (Å²) in [4.78, 5) is 15.2. The number of carbonyl (C=O) groups excluding carboxylic acids is 1. The molecule has 0 saturated carbocycles. The lowest BCUT2D eigenvalue weighted by Crippen LogP contribution is -2.46. The Morgan fingerprint density at radius 1 is 1.65 bits per heavy atom. The number of amides is 1. The number of anilines is 1. The molecule has 0 bridgehead atoms. The average molecular weight is 315 g/mol. The molecule has 17 heavy (non-hydrogen) atoms. The van der Waals surface area contributed by atoms with Crippen molar-refractivity contribution in [2.75, 3.05) is 24.2 Å². The van der Waals surface area contributed by atoms with Gasteiger partial charge in [0.25, 0.3) is 0 Å². The van der Waals surface area contributed by atoms with Gasteiger partial charge in [0.15, 0.2) is 0 Å². The number of rotatable bonds is 2. The highest BCUT2D eigenvalue weighted by Gasteiger charge is 2.29. The number of likely N-dealkylation sites (N-methyl/N-ethyl adjacent to an activating group) is 1. The lowest BCUT2D eigenvalue weighted by Gasteiger charge is -2.35. The number of fused-ring (bicyclic) bond motifs is 1. The van der Waals surface area contributed by atoms with Gasteiger partial charge in [-0.25, -0.2) is 0 Å². The fraction of sp³-hybridized carbons (Fsp3) is 0.417. The first kappa shape index (κ1) is 12.9. The van der Waals surface area contributed by atoms with Crippen LogP contribution in [0, 0.1) is 0 Å². The van der Waals surface area contributed by atoms with Gasteiger partial charge in [-0.1, -0.05) is 6.07 Å². The molecule has 0 saturated heterocycles. The Bertz CT molecular complexity index is 439. The highest BCUT2D eigenvalue weighted by atomic mass is 79.9. The van der Waals surface area contributed by atoms with Crippen LogP contribution in [-0.4, -0.2) is 31.3 Å². The Hall–Kier alpha value is -0.520. The molecule has 5 heteroatoms. The van der Waals surface area contributed by atoms with Crippen molar-refractivity contribution < 1.29 is 4.79 Å². The number of hydrogen-bond donors (Lipinski definition) is 1. The van der Waals surface area contributed by atoms with E-state index in [1.807, 2.05) is 17.0 Å². The Labute approximate surface area is 114 Å². The van der Waals surface area contributed by atoms with Crippen LogP contribution in [0.2, 0.25) is 0 Å². The van der Waals surface area contributed by atoms with Crippen LogP contribution in [0.15, 0.2) is 27.6 Å². The summed E-state index contributed by atoms with van der Waals surface area (Å²) in [5.41, 5.74) is 1.01. The molecule has 1 amide bonds. The van der Waals surface area contributed by atoms with E-state index in [-0.39, 0.29) is 11.9 Å². The molecule has 2 rings (SSSR count). The van der Waals surface area contributed by atoms with E-state index in [1.165, 1.54) is 4.90 Å². The maximum absolute atomic E-state index is 12.2. The Kier molecular flexibility index (Phi) is 4.12. The van der Waals surface area contributed by atoms with Crippen LogP contribution < -0.4 is 10.2 Å². The number of carbonyl (C=O) groups is 1. The van der Waals surface area contributed by atoms with Crippen LogP contribution >= 0.6 is 27.7 Å². The van der Waals surface area contributed by atoms with E-state index in [4.69, 9.17) is 0 Å². The topological polar surface area (TPSA) is 32.3 Å². The molecule has 3 nitrogen and oxygen atoms in total. The van der Waals surface area contributed by atoms with E-state index in [0.29, 0.717) is 6.54 Å². The van der Waals surface area contributed by atoms with E-state index in [1.54, 1.807) is 18.8 Å². The monoisotopic (exact) mass is 314 g/mol. The zero-order valence-corrected chi connectivity index (χ0v) is 12.3. The van der Waals surface area contributed by atoms with Gasteiger partial charge in [-0.3, -0.25) is 4.79 Å². The third-order valence-electron chi connectivity index (χ3n) is 2.71. The largest absolute Gasteiger partial charge is 0.311 e. The predicted octanol–water partition coefficient (Wildman–Crippen LogP) is 2.50. The maximum Gasteiger partial charge on any atom is 0.241 e. The molecule has 0 radical (unpaired) electrons. The summed E-state index contributed by atoms with van der Waals surface area (Å²) in [5, 5.41) is 2.92. The molecule has 1 N–H and O–H groups in total. The first-order chi connectivity index (χ1) is 8.15. The summed E-state index contributed by atoms with van der Waals surface area (Å²) in [7, 11) is 1.79. The standard InChI is InChI=1S/C12H15BrN2OS/c1-8-7-17-10-5-3-4-9(13)12(10)15(8)11(16)6-14-2/h3-5,8,14H,6-7H2,1-2H3. The van der Waals surface area contributed by atoms with E-state index in [9.17, 15) is 4.79 Å². The lowest BCUT2D eigenvalue weighted by atomic mass is 10.2. The van der Waals surface area contributed by atoms with E-state index in [0.717, 1.165) is 15.9 Å². The molecule has 1 unspecified atom stereocenters. The molecule has 1 atom stereocenters. The van der Waals surface area contributed by atoms with Gasteiger partial charge in [-0.15, -0.1) is 11.8 Å². The quantitative estimate of drug-likeness (QED) is 0.910. The molecule has 0 aromatic heterocycles. The summed E-state index contributed by atoms with van der Waals surface area (Å²) in [6.45, 7) is 2.46.